The Balaban J connectivity index is 2.29. The second kappa shape index (κ2) is 4.65. The molecule has 0 bridgehead atoms. The summed E-state index contributed by atoms with van der Waals surface area (Å²) in [7, 11) is 2.03. The molecule has 1 aromatic rings. The zero-order valence-electron chi connectivity index (χ0n) is 10.1. The summed E-state index contributed by atoms with van der Waals surface area (Å²) in [6.45, 7) is 0. The molecular weight excluding hydrogens is 214 g/mol. The Morgan fingerprint density at radius 2 is 2.00 bits per heavy atom. The molecule has 4 heteroatoms. The average molecular weight is 233 g/mol. The minimum atomic E-state index is -0.411. The minimum Gasteiger partial charge on any atom is -0.397 e. The molecule has 4 nitrogen and oxygen atoms in total. The van der Waals surface area contributed by atoms with Crippen LogP contribution in [0.15, 0.2) is 18.2 Å². The summed E-state index contributed by atoms with van der Waals surface area (Å²) in [5.74, 6) is -0.411. The van der Waals surface area contributed by atoms with Crippen molar-refractivity contribution in [2.45, 2.75) is 31.7 Å². The molecule has 2 rings (SSSR count). The number of nitrogens with two attached hydrogens (primary N) is 2. The van der Waals surface area contributed by atoms with E-state index in [4.69, 9.17) is 11.5 Å². The van der Waals surface area contributed by atoms with Gasteiger partial charge in [-0.15, -0.1) is 0 Å². The number of anilines is 2. The first-order valence-corrected chi connectivity index (χ1v) is 6.02. The Labute approximate surface area is 102 Å². The fraction of sp³-hybridized carbons (Fsp3) is 0.462. The molecule has 0 aromatic heterocycles. The topological polar surface area (TPSA) is 72.3 Å². The molecule has 0 saturated heterocycles. The van der Waals surface area contributed by atoms with Crippen molar-refractivity contribution in [2.24, 2.45) is 5.73 Å². The van der Waals surface area contributed by atoms with Crippen molar-refractivity contribution in [1.29, 1.82) is 0 Å². The average Bonchev–Trinajstić information content (AvgIpc) is 2.81. The summed E-state index contributed by atoms with van der Waals surface area (Å²) in [6, 6.07) is 5.74. The fourth-order valence-corrected chi connectivity index (χ4v) is 2.49. The lowest BCUT2D eigenvalue weighted by Crippen LogP contribution is -2.29. The number of amides is 1. The molecule has 0 radical (unpaired) electrons. The Bertz CT molecular complexity index is 425. The third-order valence-electron chi connectivity index (χ3n) is 3.57. The van der Waals surface area contributed by atoms with Crippen molar-refractivity contribution in [2.75, 3.05) is 17.7 Å². The van der Waals surface area contributed by atoms with Crippen molar-refractivity contribution in [1.82, 2.24) is 0 Å². The number of benzene rings is 1. The Hall–Kier alpha value is -1.71. The normalized spacial score (nSPS) is 16.1. The lowest BCUT2D eigenvalue weighted by molar-refractivity contribution is 0.100. The van der Waals surface area contributed by atoms with Crippen molar-refractivity contribution < 1.29 is 4.79 Å². The van der Waals surface area contributed by atoms with E-state index >= 15 is 0 Å². The van der Waals surface area contributed by atoms with Crippen LogP contribution in [0.2, 0.25) is 0 Å². The zero-order chi connectivity index (χ0) is 12.4. The van der Waals surface area contributed by atoms with E-state index in [1.807, 2.05) is 7.05 Å². The zero-order valence-corrected chi connectivity index (χ0v) is 10.1. The second-order valence-corrected chi connectivity index (χ2v) is 4.69. The van der Waals surface area contributed by atoms with Gasteiger partial charge in [0.15, 0.2) is 0 Å². The van der Waals surface area contributed by atoms with Crippen LogP contribution in [-0.4, -0.2) is 19.0 Å². The summed E-state index contributed by atoms with van der Waals surface area (Å²) in [5, 5.41) is 0. The summed E-state index contributed by atoms with van der Waals surface area (Å²) in [4.78, 5) is 13.3. The summed E-state index contributed by atoms with van der Waals surface area (Å²) in [5.41, 5.74) is 13.4. The van der Waals surface area contributed by atoms with Gasteiger partial charge in [-0.2, -0.15) is 0 Å². The highest BCUT2D eigenvalue weighted by atomic mass is 16.1. The van der Waals surface area contributed by atoms with Crippen LogP contribution in [0, 0.1) is 0 Å². The molecule has 1 amide bonds. The molecule has 1 aliphatic rings. The number of rotatable bonds is 3. The van der Waals surface area contributed by atoms with E-state index in [1.165, 1.54) is 25.7 Å². The molecule has 1 saturated carbocycles. The third kappa shape index (κ3) is 2.35. The van der Waals surface area contributed by atoms with Crippen LogP contribution < -0.4 is 16.4 Å². The molecular formula is C13H19N3O. The first-order valence-electron chi connectivity index (χ1n) is 6.02. The van der Waals surface area contributed by atoms with E-state index in [-0.39, 0.29) is 0 Å². The lowest BCUT2D eigenvalue weighted by atomic mass is 10.1. The number of carbonyl (C=O) groups excluding carboxylic acids is 1. The highest BCUT2D eigenvalue weighted by Crippen LogP contribution is 2.31. The molecule has 0 spiro atoms. The number of carbonyl (C=O) groups is 1. The van der Waals surface area contributed by atoms with Gasteiger partial charge >= 0.3 is 0 Å². The Morgan fingerprint density at radius 1 is 1.35 bits per heavy atom. The summed E-state index contributed by atoms with van der Waals surface area (Å²) < 4.78 is 0. The van der Waals surface area contributed by atoms with Gasteiger partial charge in [0, 0.05) is 18.7 Å². The maximum atomic E-state index is 11.2. The van der Waals surface area contributed by atoms with E-state index < -0.39 is 5.91 Å². The monoisotopic (exact) mass is 233 g/mol. The molecule has 0 aliphatic heterocycles. The highest BCUT2D eigenvalue weighted by Gasteiger charge is 2.21. The maximum Gasteiger partial charge on any atom is 0.248 e. The highest BCUT2D eigenvalue weighted by molar-refractivity contribution is 5.95. The SMILES string of the molecule is CN(c1cc(C(N)=O)ccc1N)C1CCCC1. The number of hydrogen-bond acceptors (Lipinski definition) is 3. The first kappa shape index (κ1) is 11.8. The van der Waals surface area contributed by atoms with Crippen LogP contribution in [0.4, 0.5) is 11.4 Å². The largest absolute Gasteiger partial charge is 0.397 e. The van der Waals surface area contributed by atoms with Crippen molar-refractivity contribution in [3.05, 3.63) is 23.8 Å². The van der Waals surface area contributed by atoms with E-state index in [2.05, 4.69) is 4.90 Å². The summed E-state index contributed by atoms with van der Waals surface area (Å²) in [6.07, 6.45) is 4.92. The Morgan fingerprint density at radius 3 is 2.59 bits per heavy atom. The maximum absolute atomic E-state index is 11.2. The van der Waals surface area contributed by atoms with Crippen LogP contribution in [-0.2, 0) is 0 Å². The standard InChI is InChI=1S/C13H19N3O/c1-16(10-4-2-3-5-10)12-8-9(13(15)17)6-7-11(12)14/h6-8,10H,2-5,14H2,1H3,(H2,15,17). The van der Waals surface area contributed by atoms with E-state index in [0.29, 0.717) is 17.3 Å². The van der Waals surface area contributed by atoms with Gasteiger partial charge in [0.25, 0.3) is 0 Å². The molecule has 1 aromatic carbocycles. The van der Waals surface area contributed by atoms with Crippen molar-refractivity contribution in [3.8, 4) is 0 Å². The number of hydrogen-bond donors (Lipinski definition) is 2. The van der Waals surface area contributed by atoms with Gasteiger partial charge in [-0.25, -0.2) is 0 Å². The fourth-order valence-electron chi connectivity index (χ4n) is 2.49. The van der Waals surface area contributed by atoms with Gasteiger partial charge in [-0.05, 0) is 31.0 Å². The third-order valence-corrected chi connectivity index (χ3v) is 3.57. The minimum absolute atomic E-state index is 0.411. The van der Waals surface area contributed by atoms with Crippen LogP contribution in [0.5, 0.6) is 0 Å². The van der Waals surface area contributed by atoms with Gasteiger partial charge in [-0.3, -0.25) is 4.79 Å². The molecule has 0 atom stereocenters. The molecule has 92 valence electrons. The molecule has 4 N–H and O–H groups in total. The smallest absolute Gasteiger partial charge is 0.248 e. The summed E-state index contributed by atoms with van der Waals surface area (Å²) >= 11 is 0. The predicted molar refractivity (Wildman–Crippen MR) is 70.0 cm³/mol. The molecule has 0 unspecified atom stereocenters. The van der Waals surface area contributed by atoms with E-state index in [9.17, 15) is 4.79 Å². The lowest BCUT2D eigenvalue weighted by Gasteiger charge is -2.28. The van der Waals surface area contributed by atoms with Gasteiger partial charge < -0.3 is 16.4 Å². The first-order chi connectivity index (χ1) is 8.09. The Kier molecular flexibility index (Phi) is 3.22. The van der Waals surface area contributed by atoms with Gasteiger partial charge in [-0.1, -0.05) is 12.8 Å². The quantitative estimate of drug-likeness (QED) is 0.781. The van der Waals surface area contributed by atoms with Gasteiger partial charge in [0.05, 0.1) is 11.4 Å². The molecule has 1 fully saturated rings. The van der Waals surface area contributed by atoms with Gasteiger partial charge in [0.1, 0.15) is 0 Å². The van der Waals surface area contributed by atoms with Crippen LogP contribution in [0.3, 0.4) is 0 Å². The number of nitrogens with zero attached hydrogens (tertiary/aromatic N) is 1. The number of primary amides is 1. The predicted octanol–water partition coefficient (Wildman–Crippen LogP) is 1.75. The van der Waals surface area contributed by atoms with Gasteiger partial charge in [0.2, 0.25) is 5.91 Å². The van der Waals surface area contributed by atoms with Crippen molar-refractivity contribution >= 4 is 17.3 Å². The molecule has 17 heavy (non-hydrogen) atoms. The van der Waals surface area contributed by atoms with Crippen molar-refractivity contribution in [3.63, 3.8) is 0 Å². The molecule has 1 aliphatic carbocycles. The van der Waals surface area contributed by atoms with Crippen LogP contribution >= 0.6 is 0 Å². The van der Waals surface area contributed by atoms with E-state index in [1.54, 1.807) is 18.2 Å². The molecule has 0 heterocycles. The van der Waals surface area contributed by atoms with Crippen LogP contribution in [0.1, 0.15) is 36.0 Å². The second-order valence-electron chi connectivity index (χ2n) is 4.69. The van der Waals surface area contributed by atoms with Crippen LogP contribution in [0.25, 0.3) is 0 Å². The number of nitrogen functional groups attached to an aromatic ring is 1. The van der Waals surface area contributed by atoms with E-state index in [0.717, 1.165) is 5.69 Å².